The Labute approximate surface area is 102 Å². The quantitative estimate of drug-likeness (QED) is 0.353. The minimum atomic E-state index is 0.137. The van der Waals surface area contributed by atoms with Gasteiger partial charge in [0, 0.05) is 0 Å². The minimum Gasteiger partial charge on any atom is -0.210 e. The standard InChI is InChI=1S/C8H9Cl3N2S/c1-2-3-4-14-7-5(9)6(10)12-8(11)13-7/h2-4H2,1H3. The summed E-state index contributed by atoms with van der Waals surface area (Å²) in [4.78, 5) is 7.74. The van der Waals surface area contributed by atoms with Crippen molar-refractivity contribution in [3.63, 3.8) is 0 Å². The van der Waals surface area contributed by atoms with Gasteiger partial charge in [-0.25, -0.2) is 9.97 Å². The number of unbranched alkanes of at least 4 members (excludes halogenated alkanes) is 1. The van der Waals surface area contributed by atoms with Gasteiger partial charge in [-0.3, -0.25) is 0 Å². The molecule has 0 fully saturated rings. The average Bonchev–Trinajstić information content (AvgIpc) is 2.13. The van der Waals surface area contributed by atoms with Gasteiger partial charge in [0.1, 0.15) is 10.0 Å². The molecule has 0 aliphatic rings. The van der Waals surface area contributed by atoms with Crippen LogP contribution in [0, 0.1) is 0 Å². The van der Waals surface area contributed by atoms with Gasteiger partial charge in [0.05, 0.1) is 0 Å². The Hall–Kier alpha value is 0.300. The second kappa shape index (κ2) is 6.01. The van der Waals surface area contributed by atoms with Crippen molar-refractivity contribution in [1.29, 1.82) is 0 Å². The highest BCUT2D eigenvalue weighted by Gasteiger charge is 2.10. The predicted molar refractivity (Wildman–Crippen MR) is 62.7 cm³/mol. The van der Waals surface area contributed by atoms with E-state index in [0.717, 1.165) is 18.6 Å². The predicted octanol–water partition coefficient (Wildman–Crippen LogP) is 4.33. The first kappa shape index (κ1) is 12.4. The molecule has 0 amide bonds. The molecule has 1 rings (SSSR count). The van der Waals surface area contributed by atoms with Crippen molar-refractivity contribution >= 4 is 46.6 Å². The number of hydrogen-bond donors (Lipinski definition) is 0. The molecule has 0 unspecified atom stereocenters. The van der Waals surface area contributed by atoms with Crippen molar-refractivity contribution in [3.05, 3.63) is 15.5 Å². The monoisotopic (exact) mass is 270 g/mol. The van der Waals surface area contributed by atoms with E-state index in [1.165, 1.54) is 0 Å². The van der Waals surface area contributed by atoms with Crippen LogP contribution in [0.4, 0.5) is 0 Å². The molecule has 0 bridgehead atoms. The molecule has 1 heterocycles. The molecular weight excluding hydrogens is 263 g/mol. The van der Waals surface area contributed by atoms with Gasteiger partial charge in [-0.15, -0.1) is 11.8 Å². The third-order valence-electron chi connectivity index (χ3n) is 1.49. The van der Waals surface area contributed by atoms with Gasteiger partial charge in [0.25, 0.3) is 0 Å². The first-order chi connectivity index (χ1) is 6.65. The van der Waals surface area contributed by atoms with E-state index in [1.807, 2.05) is 0 Å². The van der Waals surface area contributed by atoms with Crippen LogP contribution < -0.4 is 0 Å². The van der Waals surface area contributed by atoms with E-state index in [9.17, 15) is 0 Å². The fraction of sp³-hybridized carbons (Fsp3) is 0.500. The van der Waals surface area contributed by atoms with Crippen LogP contribution in [0.25, 0.3) is 0 Å². The van der Waals surface area contributed by atoms with Crippen LogP contribution in [0.1, 0.15) is 19.8 Å². The smallest absolute Gasteiger partial charge is 0.210 e. The molecule has 6 heteroatoms. The summed E-state index contributed by atoms with van der Waals surface area (Å²) >= 11 is 18.9. The van der Waals surface area contributed by atoms with Crippen LogP contribution in [0.15, 0.2) is 5.03 Å². The Balaban J connectivity index is 2.75. The lowest BCUT2D eigenvalue weighted by molar-refractivity contribution is 0.894. The fourth-order valence-electron chi connectivity index (χ4n) is 0.785. The molecule has 1 aromatic rings. The van der Waals surface area contributed by atoms with Crippen LogP contribution in [-0.2, 0) is 0 Å². The molecule has 0 saturated heterocycles. The lowest BCUT2D eigenvalue weighted by Crippen LogP contribution is -1.90. The van der Waals surface area contributed by atoms with Gasteiger partial charge in [0.2, 0.25) is 5.28 Å². The van der Waals surface area contributed by atoms with Gasteiger partial charge in [0.15, 0.2) is 5.15 Å². The zero-order chi connectivity index (χ0) is 10.6. The van der Waals surface area contributed by atoms with E-state index >= 15 is 0 Å². The van der Waals surface area contributed by atoms with Gasteiger partial charge in [-0.1, -0.05) is 36.5 Å². The molecular formula is C8H9Cl3N2S. The molecule has 0 radical (unpaired) electrons. The summed E-state index contributed by atoms with van der Waals surface area (Å²) in [5, 5.41) is 1.39. The van der Waals surface area contributed by atoms with Crippen molar-refractivity contribution in [2.75, 3.05) is 5.75 Å². The van der Waals surface area contributed by atoms with E-state index in [4.69, 9.17) is 34.8 Å². The Morgan fingerprint density at radius 1 is 1.21 bits per heavy atom. The van der Waals surface area contributed by atoms with Crippen molar-refractivity contribution in [3.8, 4) is 0 Å². The SMILES string of the molecule is CCCCSc1nc(Cl)nc(Cl)c1Cl. The molecule has 78 valence electrons. The topological polar surface area (TPSA) is 25.8 Å². The van der Waals surface area contributed by atoms with Crippen LogP contribution in [0.3, 0.4) is 0 Å². The van der Waals surface area contributed by atoms with Gasteiger partial charge >= 0.3 is 0 Å². The van der Waals surface area contributed by atoms with E-state index in [-0.39, 0.29) is 10.4 Å². The molecule has 14 heavy (non-hydrogen) atoms. The van der Waals surface area contributed by atoms with E-state index in [0.29, 0.717) is 10.0 Å². The third-order valence-corrected chi connectivity index (χ3v) is 3.56. The van der Waals surface area contributed by atoms with Crippen molar-refractivity contribution in [2.45, 2.75) is 24.8 Å². The number of thioether (sulfide) groups is 1. The Morgan fingerprint density at radius 2 is 1.93 bits per heavy atom. The number of halogens is 3. The van der Waals surface area contributed by atoms with Crippen molar-refractivity contribution < 1.29 is 0 Å². The maximum atomic E-state index is 5.91. The number of nitrogens with zero attached hydrogens (tertiary/aromatic N) is 2. The lowest BCUT2D eigenvalue weighted by Gasteiger charge is -2.03. The third kappa shape index (κ3) is 3.46. The first-order valence-corrected chi connectivity index (χ1v) is 6.28. The highest BCUT2D eigenvalue weighted by Crippen LogP contribution is 2.31. The van der Waals surface area contributed by atoms with Gasteiger partial charge < -0.3 is 0 Å². The average molecular weight is 272 g/mol. The van der Waals surface area contributed by atoms with Gasteiger partial charge in [-0.2, -0.15) is 0 Å². The summed E-state index contributed by atoms with van der Waals surface area (Å²) < 4.78 is 0. The zero-order valence-electron chi connectivity index (χ0n) is 7.56. The number of hydrogen-bond acceptors (Lipinski definition) is 3. The highest BCUT2D eigenvalue weighted by molar-refractivity contribution is 7.99. The largest absolute Gasteiger partial charge is 0.224 e. The summed E-state index contributed by atoms with van der Waals surface area (Å²) in [6.07, 6.45) is 2.25. The molecule has 0 spiro atoms. The molecule has 0 atom stereocenters. The molecule has 0 aromatic carbocycles. The second-order valence-electron chi connectivity index (χ2n) is 2.60. The maximum absolute atomic E-state index is 5.91. The first-order valence-electron chi connectivity index (χ1n) is 4.16. The van der Waals surface area contributed by atoms with E-state index in [2.05, 4.69) is 16.9 Å². The minimum absolute atomic E-state index is 0.137. The molecule has 1 aromatic heterocycles. The Kier molecular flexibility index (Phi) is 5.31. The van der Waals surface area contributed by atoms with Crippen LogP contribution in [-0.4, -0.2) is 15.7 Å². The van der Waals surface area contributed by atoms with Gasteiger partial charge in [-0.05, 0) is 23.8 Å². The molecule has 0 N–H and O–H groups in total. The number of rotatable bonds is 4. The van der Waals surface area contributed by atoms with E-state index < -0.39 is 0 Å². The van der Waals surface area contributed by atoms with Crippen molar-refractivity contribution in [1.82, 2.24) is 9.97 Å². The fourth-order valence-corrected chi connectivity index (χ4v) is 2.52. The van der Waals surface area contributed by atoms with E-state index in [1.54, 1.807) is 11.8 Å². The Morgan fingerprint density at radius 3 is 2.57 bits per heavy atom. The van der Waals surface area contributed by atoms with Crippen LogP contribution >= 0.6 is 46.6 Å². The number of aromatic nitrogens is 2. The van der Waals surface area contributed by atoms with Crippen molar-refractivity contribution in [2.24, 2.45) is 0 Å². The zero-order valence-corrected chi connectivity index (χ0v) is 10.6. The molecule has 0 aliphatic carbocycles. The lowest BCUT2D eigenvalue weighted by atomic mass is 10.4. The summed E-state index contributed by atoms with van der Waals surface area (Å²) in [5.74, 6) is 0.958. The summed E-state index contributed by atoms with van der Waals surface area (Å²) in [6.45, 7) is 2.13. The molecule has 0 saturated carbocycles. The summed E-state index contributed by atoms with van der Waals surface area (Å²) in [7, 11) is 0. The normalized spacial score (nSPS) is 10.6. The maximum Gasteiger partial charge on any atom is 0.224 e. The highest BCUT2D eigenvalue weighted by atomic mass is 35.5. The summed E-state index contributed by atoms with van der Waals surface area (Å²) in [5.41, 5.74) is 0. The second-order valence-corrected chi connectivity index (χ2v) is 4.76. The molecule has 2 nitrogen and oxygen atoms in total. The molecule has 0 aliphatic heterocycles. The van der Waals surface area contributed by atoms with Crippen LogP contribution in [0.2, 0.25) is 15.5 Å². The Bertz CT molecular complexity index is 320. The summed E-state index contributed by atoms with van der Waals surface area (Å²) in [6, 6.07) is 0. The van der Waals surface area contributed by atoms with Crippen LogP contribution in [0.5, 0.6) is 0 Å².